The first-order valence-electron chi connectivity index (χ1n) is 10.3. The predicted molar refractivity (Wildman–Crippen MR) is 125 cm³/mol. The van der Waals surface area contributed by atoms with E-state index in [1.165, 1.54) is 10.8 Å². The SMILES string of the molecule is O=C1c2c(c3ccccc3c3ccccc23)-c2c1c1ccccc1c1ccccc21. The van der Waals surface area contributed by atoms with Gasteiger partial charge in [0.25, 0.3) is 0 Å². The second-order valence-corrected chi connectivity index (χ2v) is 8.01. The molecule has 0 fully saturated rings. The van der Waals surface area contributed by atoms with Crippen LogP contribution in [0, 0.1) is 0 Å². The van der Waals surface area contributed by atoms with Crippen LogP contribution in [0.3, 0.4) is 0 Å². The van der Waals surface area contributed by atoms with Gasteiger partial charge in [0, 0.05) is 22.3 Å². The number of hydrogen-bond acceptors (Lipinski definition) is 1. The minimum atomic E-state index is 0.143. The van der Waals surface area contributed by atoms with Crippen molar-refractivity contribution in [3.63, 3.8) is 0 Å². The normalized spacial score (nSPS) is 12.7. The molecule has 1 heteroatoms. The highest BCUT2D eigenvalue weighted by Crippen LogP contribution is 2.51. The highest BCUT2D eigenvalue weighted by molar-refractivity contribution is 6.40. The summed E-state index contributed by atoms with van der Waals surface area (Å²) in [6.45, 7) is 0. The third kappa shape index (κ3) is 1.80. The van der Waals surface area contributed by atoms with Crippen LogP contribution in [0.25, 0.3) is 54.2 Å². The first-order chi connectivity index (χ1) is 14.8. The lowest BCUT2D eigenvalue weighted by molar-refractivity contribution is 0.104. The van der Waals surface area contributed by atoms with Crippen molar-refractivity contribution in [3.05, 3.63) is 108 Å². The van der Waals surface area contributed by atoms with Gasteiger partial charge in [-0.3, -0.25) is 4.79 Å². The van der Waals surface area contributed by atoms with Crippen LogP contribution >= 0.6 is 0 Å². The van der Waals surface area contributed by atoms with Crippen molar-refractivity contribution in [2.24, 2.45) is 0 Å². The molecule has 0 aliphatic heterocycles. The van der Waals surface area contributed by atoms with Gasteiger partial charge in [-0.2, -0.15) is 0 Å². The third-order valence-electron chi connectivity index (χ3n) is 6.57. The number of ketones is 1. The van der Waals surface area contributed by atoms with Crippen LogP contribution in [0.5, 0.6) is 0 Å². The Balaban J connectivity index is 1.84. The molecule has 0 atom stereocenters. The summed E-state index contributed by atoms with van der Waals surface area (Å²) in [5.41, 5.74) is 3.87. The van der Waals surface area contributed by atoms with E-state index in [-0.39, 0.29) is 5.78 Å². The molecule has 0 bridgehead atoms. The molecule has 30 heavy (non-hydrogen) atoms. The Kier molecular flexibility index (Phi) is 2.94. The fraction of sp³-hybridized carbons (Fsp3) is 0. The molecule has 0 saturated carbocycles. The first kappa shape index (κ1) is 15.9. The average molecular weight is 380 g/mol. The zero-order valence-corrected chi connectivity index (χ0v) is 16.1. The lowest BCUT2D eigenvalue weighted by Crippen LogP contribution is -1.98. The summed E-state index contributed by atoms with van der Waals surface area (Å²) in [4.78, 5) is 14.0. The number of carbonyl (C=O) groups excluding carboxylic acids is 1. The van der Waals surface area contributed by atoms with E-state index in [0.717, 1.165) is 54.6 Å². The van der Waals surface area contributed by atoms with Crippen LogP contribution < -0.4 is 0 Å². The van der Waals surface area contributed by atoms with Crippen molar-refractivity contribution in [2.75, 3.05) is 0 Å². The summed E-state index contributed by atoms with van der Waals surface area (Å²) in [5, 5.41) is 9.07. The maximum Gasteiger partial charge on any atom is 0.195 e. The van der Waals surface area contributed by atoms with Crippen LogP contribution in [0.2, 0.25) is 0 Å². The largest absolute Gasteiger partial charge is 0.289 e. The van der Waals surface area contributed by atoms with Gasteiger partial charge in [0.15, 0.2) is 5.78 Å². The maximum atomic E-state index is 14.0. The van der Waals surface area contributed by atoms with Crippen molar-refractivity contribution in [3.8, 4) is 11.1 Å². The van der Waals surface area contributed by atoms with Crippen LogP contribution in [0.1, 0.15) is 15.9 Å². The van der Waals surface area contributed by atoms with E-state index in [9.17, 15) is 4.79 Å². The Morgan fingerprint density at radius 1 is 0.300 bits per heavy atom. The Hall–Kier alpha value is -3.97. The summed E-state index contributed by atoms with van der Waals surface area (Å²) >= 11 is 0. The highest BCUT2D eigenvalue weighted by atomic mass is 16.1. The van der Waals surface area contributed by atoms with E-state index in [1.807, 2.05) is 12.1 Å². The first-order valence-corrected chi connectivity index (χ1v) is 10.3. The van der Waals surface area contributed by atoms with Crippen LogP contribution in [0.15, 0.2) is 97.1 Å². The van der Waals surface area contributed by atoms with Gasteiger partial charge in [-0.15, -0.1) is 0 Å². The van der Waals surface area contributed by atoms with E-state index < -0.39 is 0 Å². The predicted octanol–water partition coefficient (Wildman–Crippen LogP) is 7.51. The summed E-state index contributed by atoms with van der Waals surface area (Å²) in [6.07, 6.45) is 0. The van der Waals surface area contributed by atoms with Crippen molar-refractivity contribution in [1.29, 1.82) is 0 Å². The summed E-state index contributed by atoms with van der Waals surface area (Å²) in [6, 6.07) is 33.6. The molecule has 6 aromatic carbocycles. The van der Waals surface area contributed by atoms with Gasteiger partial charge in [0.2, 0.25) is 0 Å². The number of rotatable bonds is 0. The van der Waals surface area contributed by atoms with Gasteiger partial charge < -0.3 is 0 Å². The number of fused-ring (bicyclic) bond motifs is 13. The van der Waals surface area contributed by atoms with E-state index in [4.69, 9.17) is 0 Å². The molecular weight excluding hydrogens is 364 g/mol. The lowest BCUT2D eigenvalue weighted by atomic mass is 9.89. The molecule has 1 aliphatic rings. The third-order valence-corrected chi connectivity index (χ3v) is 6.57. The smallest absolute Gasteiger partial charge is 0.195 e. The van der Waals surface area contributed by atoms with Crippen LogP contribution in [0.4, 0.5) is 0 Å². The Morgan fingerprint density at radius 3 is 0.833 bits per heavy atom. The maximum absolute atomic E-state index is 14.0. The Bertz CT molecular complexity index is 1580. The van der Waals surface area contributed by atoms with Gasteiger partial charge in [-0.05, 0) is 43.1 Å². The molecule has 0 radical (unpaired) electrons. The molecule has 0 saturated heterocycles. The van der Waals surface area contributed by atoms with Gasteiger partial charge in [0.1, 0.15) is 0 Å². The van der Waals surface area contributed by atoms with E-state index in [0.29, 0.717) is 0 Å². The Labute approximate surface area is 173 Å². The lowest BCUT2D eigenvalue weighted by Gasteiger charge is -2.13. The van der Waals surface area contributed by atoms with E-state index in [1.54, 1.807) is 0 Å². The molecule has 0 unspecified atom stereocenters. The van der Waals surface area contributed by atoms with Crippen LogP contribution in [-0.2, 0) is 0 Å². The molecule has 6 aromatic rings. The number of hydrogen-bond donors (Lipinski definition) is 0. The fourth-order valence-corrected chi connectivity index (χ4v) is 5.40. The standard InChI is InChI=1S/C29H16O/c30-29-27-23-15-7-3-11-19(23)17-9-1-5-13-21(17)25(27)26-22-14-6-2-10-18(22)20-12-4-8-16-24(20)28(26)29/h1-16H. The van der Waals surface area contributed by atoms with Gasteiger partial charge in [-0.1, -0.05) is 97.1 Å². The van der Waals surface area contributed by atoms with Crippen molar-refractivity contribution >= 4 is 48.9 Å². The van der Waals surface area contributed by atoms with Gasteiger partial charge in [0.05, 0.1) is 0 Å². The fourth-order valence-electron chi connectivity index (χ4n) is 5.40. The minimum absolute atomic E-state index is 0.143. The molecule has 0 heterocycles. The average Bonchev–Trinajstić information content (AvgIpc) is 3.13. The quantitative estimate of drug-likeness (QED) is 0.249. The van der Waals surface area contributed by atoms with E-state index >= 15 is 0 Å². The molecule has 0 spiro atoms. The van der Waals surface area contributed by atoms with Gasteiger partial charge >= 0.3 is 0 Å². The summed E-state index contributed by atoms with van der Waals surface area (Å²) in [7, 11) is 0. The second-order valence-electron chi connectivity index (χ2n) is 8.01. The van der Waals surface area contributed by atoms with E-state index in [2.05, 4.69) is 84.9 Å². The monoisotopic (exact) mass is 380 g/mol. The number of carbonyl (C=O) groups is 1. The van der Waals surface area contributed by atoms with Gasteiger partial charge in [-0.25, -0.2) is 0 Å². The van der Waals surface area contributed by atoms with Crippen molar-refractivity contribution in [1.82, 2.24) is 0 Å². The van der Waals surface area contributed by atoms with Crippen molar-refractivity contribution < 1.29 is 4.79 Å². The molecule has 138 valence electrons. The zero-order valence-electron chi connectivity index (χ0n) is 16.1. The topological polar surface area (TPSA) is 17.1 Å². The molecule has 1 nitrogen and oxygen atoms in total. The molecule has 0 N–H and O–H groups in total. The Morgan fingerprint density at radius 2 is 0.533 bits per heavy atom. The number of benzene rings is 6. The molecule has 0 aromatic heterocycles. The van der Waals surface area contributed by atoms with Crippen LogP contribution in [-0.4, -0.2) is 5.78 Å². The zero-order chi connectivity index (χ0) is 19.8. The summed E-state index contributed by atoms with van der Waals surface area (Å²) < 4.78 is 0. The molecular formula is C29H16O. The summed E-state index contributed by atoms with van der Waals surface area (Å²) in [5.74, 6) is 0.143. The highest BCUT2D eigenvalue weighted by Gasteiger charge is 2.34. The molecule has 1 aliphatic carbocycles. The molecule has 7 rings (SSSR count). The minimum Gasteiger partial charge on any atom is -0.289 e. The van der Waals surface area contributed by atoms with Crippen molar-refractivity contribution in [2.45, 2.75) is 0 Å². The second kappa shape index (κ2) is 5.55. The molecule has 0 amide bonds.